The van der Waals surface area contributed by atoms with Crippen LogP contribution >= 0.6 is 0 Å². The third-order valence-corrected chi connectivity index (χ3v) is 11.0. The van der Waals surface area contributed by atoms with Gasteiger partial charge in [0.15, 0.2) is 0 Å². The van der Waals surface area contributed by atoms with Crippen LogP contribution in [0.15, 0.2) is 115 Å². The molecule has 0 fully saturated rings. The molecule has 4 heterocycles. The molecule has 60 heavy (non-hydrogen) atoms. The molecule has 3 aromatic heterocycles. The van der Waals surface area contributed by atoms with Gasteiger partial charge in [-0.05, 0) is 94.9 Å². The van der Waals surface area contributed by atoms with Gasteiger partial charge in [-0.25, -0.2) is 4.98 Å². The zero-order chi connectivity index (χ0) is 46.4. The van der Waals surface area contributed by atoms with Gasteiger partial charge in [0.05, 0.1) is 16.8 Å². The second-order valence-electron chi connectivity index (χ2n) is 17.3. The van der Waals surface area contributed by atoms with Gasteiger partial charge in [-0.1, -0.05) is 106 Å². The molecule has 6 nitrogen and oxygen atoms in total. The molecule has 9 rings (SSSR count). The number of fused-ring (bicyclic) bond motifs is 4. The van der Waals surface area contributed by atoms with Gasteiger partial charge in [-0.2, -0.15) is 6.07 Å². The predicted molar refractivity (Wildman–Crippen MR) is 243 cm³/mol. The van der Waals surface area contributed by atoms with Crippen LogP contribution in [0.1, 0.15) is 83.4 Å². The standard InChI is InChI=1S/C53H49N5O.Pt/c1-33-16-15-17-34(2)50(33)43-18-11-12-19-45(43)57-32-56(46-20-13-14-21-47(46)57)39-27-38(53(8,9)10)28-41(30-39)59-40-22-23-42-44-26-35(3)55-36(4)51(44)58(48(42)31-40)49-29-37(24-25-54-49)52(5,6)7;/h11-29H,1-10H3;/q;+2/i1D3,2D3;. The van der Waals surface area contributed by atoms with E-state index in [9.17, 15) is 0 Å². The maximum absolute atomic E-state index is 8.42. The van der Waals surface area contributed by atoms with Crippen LogP contribution in [0.3, 0.4) is 0 Å². The molecule has 7 heteroatoms. The van der Waals surface area contributed by atoms with E-state index >= 15 is 0 Å². The molecular weight excluding hydrogens is 918 g/mol. The topological polar surface area (TPSA) is 46.0 Å². The summed E-state index contributed by atoms with van der Waals surface area (Å²) in [4.78, 5) is 9.72. The van der Waals surface area contributed by atoms with Crippen LogP contribution < -0.4 is 13.9 Å². The van der Waals surface area contributed by atoms with Crippen molar-refractivity contribution in [2.75, 3.05) is 0 Å². The Labute approximate surface area is 376 Å². The van der Waals surface area contributed by atoms with Crippen LogP contribution in [0.2, 0.25) is 0 Å². The Hall–Kier alpha value is -5.93. The number of aryl methyl sites for hydroxylation is 4. The Morgan fingerprint density at radius 3 is 2.07 bits per heavy atom. The van der Waals surface area contributed by atoms with Crippen LogP contribution in [0, 0.1) is 39.7 Å². The van der Waals surface area contributed by atoms with Crippen molar-refractivity contribution in [1.82, 2.24) is 23.7 Å². The molecule has 0 saturated carbocycles. The summed E-state index contributed by atoms with van der Waals surface area (Å²) in [6, 6.07) is 44.6. The molecule has 0 N–H and O–H groups in total. The second-order valence-corrected chi connectivity index (χ2v) is 17.3. The van der Waals surface area contributed by atoms with E-state index in [1.54, 1.807) is 12.1 Å². The quantitative estimate of drug-likeness (QED) is 0.123. The van der Waals surface area contributed by atoms with Crippen molar-refractivity contribution in [2.24, 2.45) is 0 Å². The number of pyridine rings is 2. The molecule has 0 radical (unpaired) electrons. The molecule has 5 aromatic carbocycles. The minimum atomic E-state index is -2.58. The normalized spacial score (nSPS) is 14.5. The van der Waals surface area contributed by atoms with Gasteiger partial charge in [-0.3, -0.25) is 4.98 Å². The largest absolute Gasteiger partial charge is 2.00 e. The number of rotatable bonds is 6. The van der Waals surface area contributed by atoms with E-state index in [0.717, 1.165) is 61.5 Å². The smallest absolute Gasteiger partial charge is 0.509 e. The molecule has 300 valence electrons. The van der Waals surface area contributed by atoms with Gasteiger partial charge in [0.2, 0.25) is 5.69 Å². The molecule has 0 aliphatic carbocycles. The second kappa shape index (κ2) is 15.3. The summed E-state index contributed by atoms with van der Waals surface area (Å²) in [7, 11) is 0. The third kappa shape index (κ3) is 7.23. The van der Waals surface area contributed by atoms with Crippen LogP contribution in [-0.2, 0) is 31.9 Å². The Morgan fingerprint density at radius 2 is 1.37 bits per heavy atom. The van der Waals surface area contributed by atoms with Crippen molar-refractivity contribution in [3.8, 4) is 28.4 Å². The van der Waals surface area contributed by atoms with Crippen molar-refractivity contribution in [2.45, 2.75) is 79.9 Å². The first-order chi connectivity index (χ1) is 30.6. The fraction of sp³-hybridized carbons (Fsp3) is 0.226. The number of hydrogen-bond acceptors (Lipinski definition) is 3. The van der Waals surface area contributed by atoms with Crippen LogP contribution in [-0.4, -0.2) is 20.5 Å². The summed E-state index contributed by atoms with van der Waals surface area (Å²) >= 11 is 0. The molecular formula is C53H49N5OPt+2. The number of para-hydroxylation sites is 3. The predicted octanol–water partition coefficient (Wildman–Crippen LogP) is 13.3. The molecule has 0 bridgehead atoms. The molecule has 1 aliphatic heterocycles. The fourth-order valence-corrected chi connectivity index (χ4v) is 7.97. The summed E-state index contributed by atoms with van der Waals surface area (Å²) in [5.41, 5.74) is 8.63. The summed E-state index contributed by atoms with van der Waals surface area (Å²) in [6.45, 7) is 11.9. The Morgan fingerprint density at radius 1 is 0.683 bits per heavy atom. The van der Waals surface area contributed by atoms with E-state index in [-0.39, 0.29) is 48.6 Å². The molecule has 0 amide bonds. The van der Waals surface area contributed by atoms with Crippen molar-refractivity contribution >= 4 is 50.6 Å². The fourth-order valence-electron chi connectivity index (χ4n) is 7.97. The Bertz CT molecular complexity index is 3280. The number of benzene rings is 5. The maximum Gasteiger partial charge on any atom is 2.00 e. The van der Waals surface area contributed by atoms with E-state index in [1.165, 1.54) is 18.2 Å². The van der Waals surface area contributed by atoms with E-state index in [0.29, 0.717) is 28.4 Å². The van der Waals surface area contributed by atoms with Crippen molar-refractivity contribution in [3.05, 3.63) is 161 Å². The Balaban J connectivity index is 0.00000592. The molecule has 0 unspecified atom stereocenters. The van der Waals surface area contributed by atoms with Crippen LogP contribution in [0.4, 0.5) is 22.7 Å². The molecule has 0 saturated heterocycles. The molecule has 0 spiro atoms. The van der Waals surface area contributed by atoms with Gasteiger partial charge in [0.1, 0.15) is 11.5 Å². The van der Waals surface area contributed by atoms with Crippen LogP contribution in [0.25, 0.3) is 38.8 Å². The molecule has 1 aliphatic rings. The average molecular weight is 973 g/mol. The SMILES string of the molecule is [2H]C([2H])([2H])c1cccc(C([2H])([2H])[2H])c1-c1ccccc1[N+]1=C=[N+](c2[c-]c(Oc3[c-]c4c(cc3)c3cc(C)nc(C)c3n4-c3cc(C(C)(C)C)ccn3)cc(C(C)(C)C)c2)c2ccccc21.[Pt+2]. The van der Waals surface area contributed by atoms with E-state index in [2.05, 4.69) is 94.6 Å². The zero-order valence-electron chi connectivity index (χ0n) is 40.9. The molecule has 0 atom stereocenters. The number of nitrogens with zero attached hydrogens (tertiary/aromatic N) is 5. The first kappa shape index (κ1) is 33.9. The van der Waals surface area contributed by atoms with Crippen molar-refractivity contribution in [1.29, 1.82) is 0 Å². The first-order valence-electron chi connectivity index (χ1n) is 22.8. The van der Waals surface area contributed by atoms with Gasteiger partial charge in [-0.15, -0.1) is 29.1 Å². The number of aromatic nitrogens is 3. The third-order valence-electron chi connectivity index (χ3n) is 11.0. The van der Waals surface area contributed by atoms with E-state index < -0.39 is 13.7 Å². The zero-order valence-corrected chi connectivity index (χ0v) is 37.2. The van der Waals surface area contributed by atoms with Crippen LogP contribution in [0.5, 0.6) is 11.5 Å². The van der Waals surface area contributed by atoms with Gasteiger partial charge < -0.3 is 9.30 Å². The number of ether oxygens (including phenoxy) is 1. The van der Waals surface area contributed by atoms with Crippen molar-refractivity contribution < 1.29 is 34.0 Å². The average Bonchev–Trinajstić information content (AvgIpc) is 3.78. The number of hydrogen-bond donors (Lipinski definition) is 0. The summed E-state index contributed by atoms with van der Waals surface area (Å²) < 4.78 is 63.2. The first-order valence-corrected chi connectivity index (χ1v) is 19.8. The Kier molecular flexibility index (Phi) is 8.61. The minimum Gasteiger partial charge on any atom is -0.509 e. The van der Waals surface area contributed by atoms with Crippen molar-refractivity contribution in [3.63, 3.8) is 0 Å². The molecule has 8 aromatic rings. The van der Waals surface area contributed by atoms with E-state index in [4.69, 9.17) is 22.9 Å². The summed E-state index contributed by atoms with van der Waals surface area (Å²) in [5.74, 6) is 1.73. The van der Waals surface area contributed by atoms with Gasteiger partial charge >= 0.3 is 27.1 Å². The maximum atomic E-state index is 8.42. The van der Waals surface area contributed by atoms with Gasteiger partial charge in [0.25, 0.3) is 11.4 Å². The minimum absolute atomic E-state index is 0. The summed E-state index contributed by atoms with van der Waals surface area (Å²) in [5, 5.41) is 2.06. The monoisotopic (exact) mass is 972 g/mol. The summed E-state index contributed by atoms with van der Waals surface area (Å²) in [6.07, 6.45) is 1.86. The van der Waals surface area contributed by atoms with Gasteiger partial charge in [0, 0.05) is 49.8 Å². The van der Waals surface area contributed by atoms with E-state index in [1.807, 2.05) is 77.7 Å².